The number of methoxy groups -OCH3 is 2. The van der Waals surface area contributed by atoms with Gasteiger partial charge in [0.15, 0.2) is 5.82 Å². The number of benzene rings is 2. The van der Waals surface area contributed by atoms with Crippen molar-refractivity contribution in [1.82, 2.24) is 10.1 Å². The highest BCUT2D eigenvalue weighted by Crippen LogP contribution is 2.33. The Morgan fingerprint density at radius 2 is 1.86 bits per heavy atom. The van der Waals surface area contributed by atoms with Gasteiger partial charge in [0.05, 0.1) is 14.2 Å². The van der Waals surface area contributed by atoms with Gasteiger partial charge in [0.25, 0.3) is 5.89 Å². The molecule has 150 valence electrons. The normalized spacial score (nSPS) is 16.3. The summed E-state index contributed by atoms with van der Waals surface area (Å²) in [5, 5.41) is 4.06. The fourth-order valence-electron chi connectivity index (χ4n) is 3.33. The zero-order valence-corrected chi connectivity index (χ0v) is 16.3. The van der Waals surface area contributed by atoms with E-state index in [2.05, 4.69) is 10.1 Å². The van der Waals surface area contributed by atoms with Crippen LogP contribution in [0.1, 0.15) is 23.7 Å². The van der Waals surface area contributed by atoms with Crippen molar-refractivity contribution >= 4 is 11.6 Å². The molecule has 1 atom stereocenters. The van der Waals surface area contributed by atoms with E-state index < -0.39 is 0 Å². The van der Waals surface area contributed by atoms with Gasteiger partial charge < -0.3 is 18.9 Å². The van der Waals surface area contributed by atoms with Crippen LogP contribution < -0.4 is 14.4 Å². The summed E-state index contributed by atoms with van der Waals surface area (Å²) in [5.74, 6) is 1.26. The van der Waals surface area contributed by atoms with Crippen molar-refractivity contribution in [3.63, 3.8) is 0 Å². The highest BCUT2D eigenvalue weighted by Gasteiger charge is 2.35. The molecule has 7 nitrogen and oxygen atoms in total. The standard InChI is InChI=1S/C21H20FN3O4/c1-12-4-5-15(9-18(12)22)25-11-14(8-19(25)26)20-23-21(29-24-20)13-6-16(27-2)10-17(7-13)28-3/h4-7,9-10,14H,8,11H2,1-3H3. The molecule has 1 saturated heterocycles. The van der Waals surface area contributed by atoms with Crippen LogP contribution in [0, 0.1) is 12.7 Å². The molecule has 29 heavy (non-hydrogen) atoms. The second-order valence-corrected chi connectivity index (χ2v) is 6.90. The van der Waals surface area contributed by atoms with Crippen molar-refractivity contribution in [3.05, 3.63) is 53.6 Å². The number of hydrogen-bond donors (Lipinski definition) is 0. The maximum absolute atomic E-state index is 13.9. The number of halogens is 1. The van der Waals surface area contributed by atoms with E-state index in [9.17, 15) is 9.18 Å². The molecule has 0 spiro atoms. The van der Waals surface area contributed by atoms with Crippen molar-refractivity contribution in [2.75, 3.05) is 25.7 Å². The molecule has 2 heterocycles. The van der Waals surface area contributed by atoms with E-state index in [0.29, 0.717) is 46.6 Å². The molecule has 3 aromatic rings. The third-order valence-electron chi connectivity index (χ3n) is 5.00. The maximum Gasteiger partial charge on any atom is 0.258 e. The van der Waals surface area contributed by atoms with Gasteiger partial charge in [-0.25, -0.2) is 4.39 Å². The molecule has 4 rings (SSSR count). The molecule has 1 amide bonds. The maximum atomic E-state index is 13.9. The average Bonchev–Trinajstić information content (AvgIpc) is 3.36. The fourth-order valence-corrected chi connectivity index (χ4v) is 3.33. The summed E-state index contributed by atoms with van der Waals surface area (Å²) in [4.78, 5) is 18.5. The lowest BCUT2D eigenvalue weighted by Gasteiger charge is -2.16. The summed E-state index contributed by atoms with van der Waals surface area (Å²) in [6, 6.07) is 10.0. The molecule has 0 N–H and O–H groups in total. The topological polar surface area (TPSA) is 77.7 Å². The lowest BCUT2D eigenvalue weighted by Crippen LogP contribution is -2.24. The molecule has 1 aliphatic heterocycles. The highest BCUT2D eigenvalue weighted by atomic mass is 19.1. The van der Waals surface area contributed by atoms with Crippen LogP contribution in [0.2, 0.25) is 0 Å². The zero-order valence-electron chi connectivity index (χ0n) is 16.3. The number of rotatable bonds is 5. The quantitative estimate of drug-likeness (QED) is 0.653. The Bertz CT molecular complexity index is 1040. The Kier molecular flexibility index (Phi) is 4.92. The van der Waals surface area contributed by atoms with Gasteiger partial charge in [-0.15, -0.1) is 0 Å². The Hall–Kier alpha value is -3.42. The molecule has 0 radical (unpaired) electrons. The van der Waals surface area contributed by atoms with Gasteiger partial charge in [-0.2, -0.15) is 4.98 Å². The van der Waals surface area contributed by atoms with Crippen LogP contribution in [-0.4, -0.2) is 36.8 Å². The largest absolute Gasteiger partial charge is 0.497 e. The molecular formula is C21H20FN3O4. The smallest absolute Gasteiger partial charge is 0.258 e. The first-order valence-electron chi connectivity index (χ1n) is 9.12. The van der Waals surface area contributed by atoms with E-state index in [4.69, 9.17) is 14.0 Å². The first-order chi connectivity index (χ1) is 14.0. The number of hydrogen-bond acceptors (Lipinski definition) is 6. The van der Waals surface area contributed by atoms with E-state index in [1.54, 1.807) is 56.4 Å². The summed E-state index contributed by atoms with van der Waals surface area (Å²) in [6.45, 7) is 2.05. The molecule has 1 aromatic heterocycles. The number of aromatic nitrogens is 2. The van der Waals surface area contributed by atoms with E-state index in [0.717, 1.165) is 0 Å². The molecule has 0 bridgehead atoms. The van der Waals surface area contributed by atoms with Crippen LogP contribution >= 0.6 is 0 Å². The molecule has 2 aromatic carbocycles. The first-order valence-corrected chi connectivity index (χ1v) is 9.12. The Morgan fingerprint density at radius 1 is 1.14 bits per heavy atom. The van der Waals surface area contributed by atoms with E-state index in [1.165, 1.54) is 6.07 Å². The van der Waals surface area contributed by atoms with Crippen LogP contribution in [0.25, 0.3) is 11.5 Å². The van der Waals surface area contributed by atoms with Gasteiger partial charge in [0.2, 0.25) is 5.91 Å². The summed E-state index contributed by atoms with van der Waals surface area (Å²) in [5.41, 5.74) is 1.72. The molecule has 0 saturated carbocycles. The monoisotopic (exact) mass is 397 g/mol. The predicted molar refractivity (Wildman–Crippen MR) is 104 cm³/mol. The third-order valence-corrected chi connectivity index (χ3v) is 5.00. The summed E-state index contributed by atoms with van der Waals surface area (Å²) in [7, 11) is 3.12. The Labute approximate surface area is 167 Å². The van der Waals surface area contributed by atoms with Crippen molar-refractivity contribution in [3.8, 4) is 23.0 Å². The van der Waals surface area contributed by atoms with Crippen LogP contribution in [0.5, 0.6) is 11.5 Å². The van der Waals surface area contributed by atoms with E-state index >= 15 is 0 Å². The van der Waals surface area contributed by atoms with Gasteiger partial charge in [-0.1, -0.05) is 11.2 Å². The van der Waals surface area contributed by atoms with Crippen molar-refractivity contribution in [2.45, 2.75) is 19.3 Å². The molecular weight excluding hydrogens is 377 g/mol. The van der Waals surface area contributed by atoms with Crippen molar-refractivity contribution in [1.29, 1.82) is 0 Å². The van der Waals surface area contributed by atoms with Crippen LogP contribution in [-0.2, 0) is 4.79 Å². The lowest BCUT2D eigenvalue weighted by atomic mass is 10.1. The molecule has 1 aliphatic rings. The Balaban J connectivity index is 1.57. The number of amides is 1. The second kappa shape index (κ2) is 7.54. The Morgan fingerprint density at radius 3 is 2.52 bits per heavy atom. The summed E-state index contributed by atoms with van der Waals surface area (Å²) in [6.07, 6.45) is 0.232. The molecule has 0 aliphatic carbocycles. The molecule has 1 unspecified atom stereocenters. The molecule has 8 heteroatoms. The number of anilines is 1. The summed E-state index contributed by atoms with van der Waals surface area (Å²) < 4.78 is 29.8. The van der Waals surface area contributed by atoms with Crippen LogP contribution in [0.3, 0.4) is 0 Å². The van der Waals surface area contributed by atoms with Crippen LogP contribution in [0.4, 0.5) is 10.1 Å². The highest BCUT2D eigenvalue weighted by molar-refractivity contribution is 5.96. The predicted octanol–water partition coefficient (Wildman–Crippen LogP) is 3.72. The van der Waals surface area contributed by atoms with Gasteiger partial charge in [-0.3, -0.25) is 4.79 Å². The van der Waals surface area contributed by atoms with E-state index in [-0.39, 0.29) is 24.1 Å². The van der Waals surface area contributed by atoms with E-state index in [1.807, 2.05) is 0 Å². The van der Waals surface area contributed by atoms with Gasteiger partial charge in [-0.05, 0) is 36.8 Å². The number of ether oxygens (including phenoxy) is 2. The molecule has 1 fully saturated rings. The van der Waals surface area contributed by atoms with Gasteiger partial charge >= 0.3 is 0 Å². The fraction of sp³-hybridized carbons (Fsp3) is 0.286. The second-order valence-electron chi connectivity index (χ2n) is 6.90. The number of nitrogens with zero attached hydrogens (tertiary/aromatic N) is 3. The number of carbonyl (C=O) groups is 1. The minimum absolute atomic E-state index is 0.104. The average molecular weight is 397 g/mol. The number of carbonyl (C=O) groups excluding carboxylic acids is 1. The van der Waals surface area contributed by atoms with Crippen molar-refractivity contribution in [2.24, 2.45) is 0 Å². The lowest BCUT2D eigenvalue weighted by molar-refractivity contribution is -0.117. The minimum Gasteiger partial charge on any atom is -0.497 e. The first kappa shape index (κ1) is 18.9. The number of aryl methyl sites for hydroxylation is 1. The third kappa shape index (κ3) is 3.65. The SMILES string of the molecule is COc1cc(OC)cc(-c2nc(C3CC(=O)N(c4ccc(C)c(F)c4)C3)no2)c1. The van der Waals surface area contributed by atoms with Crippen LogP contribution in [0.15, 0.2) is 40.9 Å². The minimum atomic E-state index is -0.340. The van der Waals surface area contributed by atoms with Gasteiger partial charge in [0.1, 0.15) is 17.3 Å². The summed E-state index contributed by atoms with van der Waals surface area (Å²) >= 11 is 0. The van der Waals surface area contributed by atoms with Gasteiger partial charge in [0, 0.05) is 36.2 Å². The zero-order chi connectivity index (χ0) is 20.5. The van der Waals surface area contributed by atoms with Crippen molar-refractivity contribution < 1.29 is 23.2 Å².